The van der Waals surface area contributed by atoms with Crippen molar-refractivity contribution in [3.63, 3.8) is 0 Å². The minimum Gasteiger partial charge on any atom is -0.283 e. The van der Waals surface area contributed by atoms with E-state index in [9.17, 15) is 4.79 Å². The Morgan fingerprint density at radius 1 is 1.03 bits per heavy atom. The van der Waals surface area contributed by atoms with Gasteiger partial charge < -0.3 is 0 Å². The lowest BCUT2D eigenvalue weighted by molar-refractivity contribution is -0.121. The van der Waals surface area contributed by atoms with Crippen LogP contribution in [0.2, 0.25) is 15.1 Å². The van der Waals surface area contributed by atoms with E-state index in [-0.39, 0.29) is 5.91 Å². The van der Waals surface area contributed by atoms with Crippen LogP contribution >= 0.6 is 34.8 Å². The Balaban J connectivity index is 0.000000287. The second kappa shape index (κ2) is 11.2. The first kappa shape index (κ1) is 23.9. The minimum atomic E-state index is -0.119. The number of hydrogen-bond donors (Lipinski definition) is 1. The molecule has 4 rings (SSSR count). The number of piperidine rings is 1. The first-order valence-corrected chi connectivity index (χ1v) is 11.6. The Labute approximate surface area is 198 Å². The number of benzene rings is 2. The third-order valence-electron chi connectivity index (χ3n) is 5.31. The molecule has 2 aromatic carbocycles. The summed E-state index contributed by atoms with van der Waals surface area (Å²) < 4.78 is 0. The number of hydrazone groups is 1. The number of nitrogens with one attached hydrogen (secondary N) is 1. The smallest absolute Gasteiger partial charge is 0.281 e. The summed E-state index contributed by atoms with van der Waals surface area (Å²) in [5.41, 5.74) is 5.54. The summed E-state index contributed by atoms with van der Waals surface area (Å²) in [6.45, 7) is 5.71. The van der Waals surface area contributed by atoms with Gasteiger partial charge in [-0.3, -0.25) is 15.2 Å². The lowest BCUT2D eigenvalue weighted by Crippen LogP contribution is -2.51. The molecular weight excluding hydrogens is 455 g/mol. The van der Waals surface area contributed by atoms with Gasteiger partial charge in [-0.15, -0.1) is 0 Å². The van der Waals surface area contributed by atoms with Crippen molar-refractivity contribution in [2.45, 2.75) is 45.6 Å². The summed E-state index contributed by atoms with van der Waals surface area (Å²) in [6, 6.07) is 13.4. The Morgan fingerprint density at radius 2 is 1.74 bits per heavy atom. The van der Waals surface area contributed by atoms with Gasteiger partial charge in [-0.1, -0.05) is 58.9 Å². The molecule has 0 radical (unpaired) electrons. The van der Waals surface area contributed by atoms with Crippen molar-refractivity contribution in [3.8, 4) is 0 Å². The summed E-state index contributed by atoms with van der Waals surface area (Å²) in [6.07, 6.45) is 4.05. The van der Waals surface area contributed by atoms with Gasteiger partial charge in [0.2, 0.25) is 0 Å². The van der Waals surface area contributed by atoms with E-state index in [4.69, 9.17) is 34.8 Å². The Kier molecular flexibility index (Phi) is 8.61. The zero-order valence-electron chi connectivity index (χ0n) is 17.7. The van der Waals surface area contributed by atoms with Gasteiger partial charge >= 0.3 is 0 Å². The zero-order valence-corrected chi connectivity index (χ0v) is 20.0. The van der Waals surface area contributed by atoms with E-state index in [0.717, 1.165) is 30.1 Å². The molecule has 0 bridgehead atoms. The quantitative estimate of drug-likeness (QED) is 0.575. The molecule has 2 aliphatic rings. The van der Waals surface area contributed by atoms with Gasteiger partial charge in [0.25, 0.3) is 5.91 Å². The molecule has 8 heteroatoms. The molecular formula is C23H27Cl3N4O. The molecule has 166 valence electrons. The van der Waals surface area contributed by atoms with Gasteiger partial charge in [0, 0.05) is 35.6 Å². The van der Waals surface area contributed by atoms with Gasteiger partial charge in [0.1, 0.15) is 5.71 Å². The Hall–Kier alpha value is -1.79. The molecule has 0 aliphatic carbocycles. The van der Waals surface area contributed by atoms with E-state index >= 15 is 0 Å². The number of aryl methyl sites for hydroxylation is 1. The first-order chi connectivity index (χ1) is 14.8. The molecule has 1 N–H and O–H groups in total. The average Bonchev–Trinajstić information content (AvgIpc) is 3.22. The predicted octanol–water partition coefficient (Wildman–Crippen LogP) is 6.11. The lowest BCUT2D eigenvalue weighted by Gasteiger charge is -2.33. The second-order valence-electron chi connectivity index (χ2n) is 7.79. The van der Waals surface area contributed by atoms with E-state index < -0.39 is 0 Å². The second-order valence-corrected chi connectivity index (χ2v) is 9.07. The summed E-state index contributed by atoms with van der Waals surface area (Å²) in [5, 5.41) is 10.1. The van der Waals surface area contributed by atoms with E-state index in [1.54, 1.807) is 17.1 Å². The van der Waals surface area contributed by atoms with Crippen LogP contribution in [0.1, 0.15) is 38.2 Å². The van der Waals surface area contributed by atoms with Crippen LogP contribution in [0.25, 0.3) is 0 Å². The van der Waals surface area contributed by atoms with Gasteiger partial charge in [-0.25, -0.2) is 5.01 Å². The predicted molar refractivity (Wildman–Crippen MR) is 130 cm³/mol. The molecule has 0 saturated carbocycles. The number of hydrazine groups is 1. The fourth-order valence-electron chi connectivity index (χ4n) is 3.47. The van der Waals surface area contributed by atoms with Crippen molar-refractivity contribution in [2.24, 2.45) is 5.10 Å². The van der Waals surface area contributed by atoms with E-state index in [0.29, 0.717) is 34.8 Å². The highest BCUT2D eigenvalue weighted by Crippen LogP contribution is 2.30. The van der Waals surface area contributed by atoms with Gasteiger partial charge in [-0.2, -0.15) is 5.10 Å². The number of halogens is 3. The summed E-state index contributed by atoms with van der Waals surface area (Å²) in [5.74, 6) is -0.119. The summed E-state index contributed by atoms with van der Waals surface area (Å²) in [7, 11) is 0. The van der Waals surface area contributed by atoms with Crippen LogP contribution in [-0.2, 0) is 4.79 Å². The standard InChI is InChI=1S/C16H20Cl2N4O.C7H7Cl/c1-11-4-2-3-8-21(11)20-16(23)14-7-9-22(19-14)15-6-5-12(17)10-13(15)18;1-6-2-4-7(8)5-3-6/h5-6,10-11H,2-4,7-9H2,1H3,(H,20,23);2-5H,1H3. The van der Waals surface area contributed by atoms with Crippen LogP contribution in [-0.4, -0.2) is 35.8 Å². The highest BCUT2D eigenvalue weighted by atomic mass is 35.5. The highest BCUT2D eigenvalue weighted by Gasteiger charge is 2.26. The van der Waals surface area contributed by atoms with E-state index in [1.165, 1.54) is 12.0 Å². The van der Waals surface area contributed by atoms with Crippen LogP contribution in [0.5, 0.6) is 0 Å². The largest absolute Gasteiger partial charge is 0.283 e. The fourth-order valence-corrected chi connectivity index (χ4v) is 4.11. The SMILES string of the molecule is CC1CCCCN1NC(=O)C1=NN(c2ccc(Cl)cc2Cl)CC1.Cc1ccc(Cl)cc1. The average molecular weight is 482 g/mol. The maximum atomic E-state index is 12.4. The topological polar surface area (TPSA) is 47.9 Å². The van der Waals surface area contributed by atoms with Crippen LogP contribution in [0.3, 0.4) is 0 Å². The lowest BCUT2D eigenvalue weighted by atomic mass is 10.1. The summed E-state index contributed by atoms with van der Waals surface area (Å²) >= 11 is 17.7. The van der Waals surface area contributed by atoms with E-state index in [1.807, 2.05) is 42.3 Å². The molecule has 0 spiro atoms. The van der Waals surface area contributed by atoms with Crippen LogP contribution in [0, 0.1) is 6.92 Å². The minimum absolute atomic E-state index is 0.119. The van der Waals surface area contributed by atoms with Crippen molar-refractivity contribution in [2.75, 3.05) is 18.1 Å². The molecule has 2 heterocycles. The number of amides is 1. The normalized spacial score (nSPS) is 18.8. The Morgan fingerprint density at radius 3 is 2.39 bits per heavy atom. The molecule has 0 aromatic heterocycles. The van der Waals surface area contributed by atoms with Gasteiger partial charge in [-0.05, 0) is 57.0 Å². The molecule has 2 aromatic rings. The van der Waals surface area contributed by atoms with Gasteiger partial charge in [0.05, 0.1) is 10.7 Å². The molecule has 1 saturated heterocycles. The fraction of sp³-hybridized carbons (Fsp3) is 0.391. The third kappa shape index (κ3) is 6.84. The molecule has 1 fully saturated rings. The maximum absolute atomic E-state index is 12.4. The van der Waals surface area contributed by atoms with Crippen molar-refractivity contribution in [1.82, 2.24) is 10.4 Å². The molecule has 1 atom stereocenters. The number of rotatable bonds is 3. The summed E-state index contributed by atoms with van der Waals surface area (Å²) in [4.78, 5) is 12.4. The maximum Gasteiger partial charge on any atom is 0.281 e. The van der Waals surface area contributed by atoms with Crippen LogP contribution < -0.4 is 10.4 Å². The van der Waals surface area contributed by atoms with Crippen molar-refractivity contribution in [1.29, 1.82) is 0 Å². The molecule has 2 aliphatic heterocycles. The number of carbonyl (C=O) groups excluding carboxylic acids is 1. The van der Waals surface area contributed by atoms with Crippen molar-refractivity contribution < 1.29 is 4.79 Å². The molecule has 1 unspecified atom stereocenters. The van der Waals surface area contributed by atoms with E-state index in [2.05, 4.69) is 17.5 Å². The van der Waals surface area contributed by atoms with Crippen molar-refractivity contribution in [3.05, 3.63) is 63.1 Å². The molecule has 1 amide bonds. The molecule has 5 nitrogen and oxygen atoms in total. The monoisotopic (exact) mass is 480 g/mol. The number of anilines is 1. The highest BCUT2D eigenvalue weighted by molar-refractivity contribution is 6.40. The first-order valence-electron chi connectivity index (χ1n) is 10.4. The van der Waals surface area contributed by atoms with Crippen LogP contribution in [0.4, 0.5) is 5.69 Å². The van der Waals surface area contributed by atoms with Crippen LogP contribution in [0.15, 0.2) is 47.6 Å². The zero-order chi connectivity index (χ0) is 22.4. The number of nitrogens with zero attached hydrogens (tertiary/aromatic N) is 3. The number of hydrogen-bond acceptors (Lipinski definition) is 4. The number of carbonyl (C=O) groups is 1. The van der Waals surface area contributed by atoms with Crippen molar-refractivity contribution >= 4 is 52.1 Å². The van der Waals surface area contributed by atoms with Gasteiger partial charge in [0.15, 0.2) is 0 Å². The molecule has 31 heavy (non-hydrogen) atoms. The Bertz CT molecular complexity index is 912. The third-order valence-corrected chi connectivity index (χ3v) is 6.10.